The first-order valence-electron chi connectivity index (χ1n) is 13.5. The van der Waals surface area contributed by atoms with Gasteiger partial charge in [-0.1, -0.05) is 34.6 Å². The topological polar surface area (TPSA) is 69.9 Å². The lowest BCUT2D eigenvalue weighted by molar-refractivity contribution is -0.202. The highest BCUT2D eigenvalue weighted by atomic mass is 16.5. The molecule has 12 atom stereocenters. The lowest BCUT2D eigenvalue weighted by Gasteiger charge is -2.63. The van der Waals surface area contributed by atoms with Crippen molar-refractivity contribution in [2.75, 3.05) is 6.61 Å². The summed E-state index contributed by atoms with van der Waals surface area (Å²) in [6, 6.07) is 0. The van der Waals surface area contributed by atoms with E-state index in [0.29, 0.717) is 34.5 Å². The molecule has 32 heavy (non-hydrogen) atoms. The van der Waals surface area contributed by atoms with Crippen LogP contribution in [0.15, 0.2) is 0 Å². The van der Waals surface area contributed by atoms with Gasteiger partial charge in [-0.15, -0.1) is 0 Å². The van der Waals surface area contributed by atoms with Crippen molar-refractivity contribution in [2.24, 2.45) is 50.7 Å². The van der Waals surface area contributed by atoms with Crippen LogP contribution in [-0.2, 0) is 4.74 Å². The molecule has 0 aromatic carbocycles. The van der Waals surface area contributed by atoms with Crippen molar-refractivity contribution in [2.45, 2.75) is 117 Å². The summed E-state index contributed by atoms with van der Waals surface area (Å²) in [5.41, 5.74) is 0.106. The first kappa shape index (κ1) is 22.3. The summed E-state index contributed by atoms with van der Waals surface area (Å²) >= 11 is 0. The second-order valence-electron chi connectivity index (χ2n) is 14.6. The lowest BCUT2D eigenvalue weighted by Crippen LogP contribution is -2.59. The summed E-state index contributed by atoms with van der Waals surface area (Å²) in [5, 5.41) is 33.0. The number of ether oxygens (including phenoxy) is 1. The predicted octanol–water partition coefficient (Wildman–Crippen LogP) is 4.54. The summed E-state index contributed by atoms with van der Waals surface area (Å²) in [4.78, 5) is 0. The molecular formula is C28H46O4. The molecule has 6 aliphatic rings. The van der Waals surface area contributed by atoms with Crippen LogP contribution < -0.4 is 0 Å². The van der Waals surface area contributed by atoms with Gasteiger partial charge in [-0.3, -0.25) is 0 Å². The van der Waals surface area contributed by atoms with Gasteiger partial charge >= 0.3 is 0 Å². The van der Waals surface area contributed by atoms with Crippen molar-refractivity contribution in [1.29, 1.82) is 0 Å². The smallest absolute Gasteiger partial charge is 0.0892 e. The van der Waals surface area contributed by atoms with E-state index in [-0.39, 0.29) is 35.1 Å². The molecule has 4 heteroatoms. The van der Waals surface area contributed by atoms with Crippen molar-refractivity contribution in [1.82, 2.24) is 0 Å². The third kappa shape index (κ3) is 2.17. The van der Waals surface area contributed by atoms with Crippen LogP contribution in [0.1, 0.15) is 92.9 Å². The van der Waals surface area contributed by atoms with Crippen LogP contribution >= 0.6 is 0 Å². The van der Waals surface area contributed by atoms with Gasteiger partial charge in [-0.05, 0) is 104 Å². The first-order valence-corrected chi connectivity index (χ1v) is 13.5. The fourth-order valence-electron chi connectivity index (χ4n) is 11.8. The minimum Gasteiger partial charge on any atom is -0.393 e. The number of rotatable bonds is 1. The van der Waals surface area contributed by atoms with Crippen LogP contribution in [-0.4, -0.2) is 45.8 Å². The molecule has 6 fully saturated rings. The van der Waals surface area contributed by atoms with Crippen molar-refractivity contribution in [3.63, 3.8) is 0 Å². The van der Waals surface area contributed by atoms with E-state index in [2.05, 4.69) is 34.6 Å². The summed E-state index contributed by atoms with van der Waals surface area (Å²) in [6.07, 6.45) is 8.31. The SMILES string of the molecule is C[C@@H]1CC(C)(CO)OC2C1C1(C)CCC34CC35CCC(O)C(C)(C)[C@@H]5CCC4[C@]1(C)[C@H]2O. The van der Waals surface area contributed by atoms with Crippen LogP contribution in [0.3, 0.4) is 0 Å². The highest BCUT2D eigenvalue weighted by Crippen LogP contribution is 2.89. The van der Waals surface area contributed by atoms with Gasteiger partial charge in [0.15, 0.2) is 0 Å². The average molecular weight is 447 g/mol. The molecule has 1 aliphatic heterocycles. The Labute approximate surface area is 194 Å². The van der Waals surface area contributed by atoms with Crippen molar-refractivity contribution in [3.05, 3.63) is 0 Å². The van der Waals surface area contributed by atoms with Gasteiger partial charge in [0, 0.05) is 5.41 Å². The minimum absolute atomic E-state index is 0.00276. The molecule has 6 rings (SSSR count). The minimum atomic E-state index is -0.540. The summed E-state index contributed by atoms with van der Waals surface area (Å²) < 4.78 is 6.60. The molecule has 1 heterocycles. The highest BCUT2D eigenvalue weighted by molar-refractivity contribution is 5.32. The van der Waals surface area contributed by atoms with Gasteiger partial charge in [-0.2, -0.15) is 0 Å². The van der Waals surface area contributed by atoms with E-state index < -0.39 is 11.7 Å². The van der Waals surface area contributed by atoms with Gasteiger partial charge < -0.3 is 20.1 Å². The fourth-order valence-corrected chi connectivity index (χ4v) is 11.8. The standard InChI is InChI=1S/C28H46O4/c1-16-13-24(4,15-29)32-21-20(16)25(5)11-12-28-14-27(28)10-9-19(30)23(2,3)17(27)7-8-18(28)26(25,6)22(21)31/h16-22,29-31H,7-15H2,1-6H3/t16-,17+,18?,19?,20?,21?,22+,24?,25?,26-,27?,28?/m1/s1. The highest BCUT2D eigenvalue weighted by Gasteiger charge is 2.84. The summed E-state index contributed by atoms with van der Waals surface area (Å²) in [6.45, 7) is 13.9. The van der Waals surface area contributed by atoms with Gasteiger partial charge in [0.05, 0.1) is 30.5 Å². The maximum atomic E-state index is 12.1. The number of aliphatic hydroxyl groups excluding tert-OH is 3. The Kier molecular flexibility index (Phi) is 4.29. The molecule has 5 aliphatic carbocycles. The predicted molar refractivity (Wildman–Crippen MR) is 124 cm³/mol. The molecule has 182 valence electrons. The van der Waals surface area contributed by atoms with E-state index in [4.69, 9.17) is 4.74 Å². The average Bonchev–Trinajstić information content (AvgIpc) is 3.36. The largest absolute Gasteiger partial charge is 0.393 e. The van der Waals surface area contributed by atoms with E-state index in [1.165, 1.54) is 38.5 Å². The van der Waals surface area contributed by atoms with Gasteiger partial charge in [0.1, 0.15) is 0 Å². The Morgan fingerprint density at radius 1 is 0.875 bits per heavy atom. The zero-order valence-corrected chi connectivity index (χ0v) is 21.2. The molecule has 1 saturated heterocycles. The third-order valence-electron chi connectivity index (χ3n) is 13.4. The fraction of sp³-hybridized carbons (Fsp3) is 1.00. The molecule has 0 aromatic heterocycles. The molecule has 0 amide bonds. The van der Waals surface area contributed by atoms with E-state index in [0.717, 1.165) is 12.8 Å². The van der Waals surface area contributed by atoms with Crippen LogP contribution in [0.2, 0.25) is 0 Å². The van der Waals surface area contributed by atoms with E-state index in [9.17, 15) is 15.3 Å². The van der Waals surface area contributed by atoms with Crippen molar-refractivity contribution >= 4 is 0 Å². The molecule has 5 saturated carbocycles. The monoisotopic (exact) mass is 446 g/mol. The van der Waals surface area contributed by atoms with Gasteiger partial charge in [0.2, 0.25) is 0 Å². The molecule has 4 nitrogen and oxygen atoms in total. The van der Waals surface area contributed by atoms with Gasteiger partial charge in [0.25, 0.3) is 0 Å². The Hall–Kier alpha value is -0.160. The zero-order chi connectivity index (χ0) is 23.1. The molecule has 0 radical (unpaired) electrons. The normalized spacial score (nSPS) is 64.6. The molecule has 2 spiro atoms. The van der Waals surface area contributed by atoms with Crippen LogP contribution in [0.25, 0.3) is 0 Å². The second kappa shape index (κ2) is 6.15. The molecule has 8 unspecified atom stereocenters. The molecule has 0 bridgehead atoms. The number of fused-ring (bicyclic) bond motifs is 4. The Morgan fingerprint density at radius 2 is 1.53 bits per heavy atom. The van der Waals surface area contributed by atoms with E-state index in [1.807, 2.05) is 6.92 Å². The van der Waals surface area contributed by atoms with Gasteiger partial charge in [-0.25, -0.2) is 0 Å². The van der Waals surface area contributed by atoms with Crippen LogP contribution in [0, 0.1) is 50.7 Å². The number of hydrogen-bond acceptors (Lipinski definition) is 4. The quantitative estimate of drug-likeness (QED) is 0.553. The van der Waals surface area contributed by atoms with Crippen molar-refractivity contribution < 1.29 is 20.1 Å². The third-order valence-corrected chi connectivity index (χ3v) is 13.4. The zero-order valence-electron chi connectivity index (χ0n) is 21.2. The number of aliphatic hydroxyl groups is 3. The van der Waals surface area contributed by atoms with E-state index >= 15 is 0 Å². The van der Waals surface area contributed by atoms with Crippen LogP contribution in [0.5, 0.6) is 0 Å². The summed E-state index contributed by atoms with van der Waals surface area (Å²) in [7, 11) is 0. The molecule has 3 N–H and O–H groups in total. The Balaban J connectivity index is 1.41. The molecule has 0 aromatic rings. The second-order valence-corrected chi connectivity index (χ2v) is 14.6. The lowest BCUT2D eigenvalue weighted by atomic mass is 9.41. The Bertz CT molecular complexity index is 826. The maximum Gasteiger partial charge on any atom is 0.0892 e. The maximum absolute atomic E-state index is 12.1. The number of hydrogen-bond donors (Lipinski definition) is 3. The van der Waals surface area contributed by atoms with Crippen LogP contribution in [0.4, 0.5) is 0 Å². The Morgan fingerprint density at radius 3 is 2.22 bits per heavy atom. The summed E-state index contributed by atoms with van der Waals surface area (Å²) in [5.74, 6) is 1.94. The van der Waals surface area contributed by atoms with Crippen molar-refractivity contribution in [3.8, 4) is 0 Å². The first-order chi connectivity index (χ1) is 14.8. The molecular weight excluding hydrogens is 400 g/mol. The van der Waals surface area contributed by atoms with E-state index in [1.54, 1.807) is 0 Å².